The van der Waals surface area contributed by atoms with Gasteiger partial charge in [-0.15, -0.1) is 0 Å². The van der Waals surface area contributed by atoms with Crippen molar-refractivity contribution in [1.82, 2.24) is 5.32 Å². The van der Waals surface area contributed by atoms with Crippen molar-refractivity contribution in [2.45, 2.75) is 11.3 Å². The van der Waals surface area contributed by atoms with Gasteiger partial charge in [0.25, 0.3) is 5.91 Å². The smallest absolute Gasteiger partial charge is 0.251 e. The number of nitrogens with two attached hydrogens (primary N) is 1. The molecular weight excluding hydrogens is 292 g/mol. The van der Waals surface area contributed by atoms with E-state index in [9.17, 15) is 13.2 Å². The summed E-state index contributed by atoms with van der Waals surface area (Å²) < 4.78 is 27.4. The number of hydrogen-bond acceptors (Lipinski definition) is 4. The molecule has 19 heavy (non-hydrogen) atoms. The minimum atomic E-state index is -3.95. The van der Waals surface area contributed by atoms with Gasteiger partial charge in [0.15, 0.2) is 0 Å². The molecule has 6 nitrogen and oxygen atoms in total. The molecule has 0 heterocycles. The Hall–Kier alpha value is -1.15. The van der Waals surface area contributed by atoms with Gasteiger partial charge in [-0.25, -0.2) is 13.6 Å². The van der Waals surface area contributed by atoms with Crippen molar-refractivity contribution < 1.29 is 17.9 Å². The highest BCUT2D eigenvalue weighted by Gasteiger charge is 2.16. The zero-order valence-corrected chi connectivity index (χ0v) is 11.9. The summed E-state index contributed by atoms with van der Waals surface area (Å²) in [4.78, 5) is 11.5. The minimum Gasteiger partial charge on any atom is -0.385 e. The summed E-state index contributed by atoms with van der Waals surface area (Å²) in [6, 6.07) is 3.91. The van der Waals surface area contributed by atoms with E-state index in [1.807, 2.05) is 0 Å². The van der Waals surface area contributed by atoms with Crippen molar-refractivity contribution in [2.75, 3.05) is 20.3 Å². The van der Waals surface area contributed by atoms with Crippen LogP contribution in [0, 0.1) is 0 Å². The van der Waals surface area contributed by atoms with Crippen molar-refractivity contribution >= 4 is 27.5 Å². The summed E-state index contributed by atoms with van der Waals surface area (Å²) in [5.74, 6) is -0.391. The fourth-order valence-electron chi connectivity index (χ4n) is 1.38. The van der Waals surface area contributed by atoms with E-state index >= 15 is 0 Å². The number of ether oxygens (including phenoxy) is 1. The highest BCUT2D eigenvalue weighted by atomic mass is 35.5. The molecule has 1 amide bonds. The Morgan fingerprint density at radius 3 is 2.74 bits per heavy atom. The second kappa shape index (κ2) is 6.85. The maximum absolute atomic E-state index is 11.8. The number of nitrogens with one attached hydrogen (secondary N) is 1. The fourth-order valence-corrected chi connectivity index (χ4v) is 2.45. The lowest BCUT2D eigenvalue weighted by Gasteiger charge is -2.07. The van der Waals surface area contributed by atoms with Gasteiger partial charge in [0.05, 0.1) is 5.02 Å². The first kappa shape index (κ1) is 15.9. The van der Waals surface area contributed by atoms with E-state index in [0.29, 0.717) is 19.6 Å². The quantitative estimate of drug-likeness (QED) is 0.758. The highest BCUT2D eigenvalue weighted by molar-refractivity contribution is 7.89. The van der Waals surface area contributed by atoms with Gasteiger partial charge < -0.3 is 10.1 Å². The summed E-state index contributed by atoms with van der Waals surface area (Å²) in [5.41, 5.74) is 0.186. The minimum absolute atomic E-state index is 0.0153. The summed E-state index contributed by atoms with van der Waals surface area (Å²) in [6.07, 6.45) is 0.665. The molecule has 0 radical (unpaired) electrons. The number of sulfonamides is 1. The zero-order valence-electron chi connectivity index (χ0n) is 10.3. The molecule has 0 bridgehead atoms. The highest BCUT2D eigenvalue weighted by Crippen LogP contribution is 2.21. The average molecular weight is 307 g/mol. The van der Waals surface area contributed by atoms with E-state index in [4.69, 9.17) is 21.5 Å². The SMILES string of the molecule is COCCCNC(=O)c1ccc(Cl)c(S(N)(=O)=O)c1. The standard InChI is InChI=1S/C11H15ClN2O4S/c1-18-6-2-5-14-11(15)8-3-4-9(12)10(7-8)19(13,16)17/h3-4,7H,2,5-6H2,1H3,(H,14,15)(H2,13,16,17). The van der Waals surface area contributed by atoms with E-state index < -0.39 is 15.9 Å². The molecule has 0 aliphatic heterocycles. The number of benzene rings is 1. The molecule has 0 saturated carbocycles. The number of methoxy groups -OCH3 is 1. The van der Waals surface area contributed by atoms with Crippen LogP contribution >= 0.6 is 11.6 Å². The van der Waals surface area contributed by atoms with Crippen LogP contribution in [-0.2, 0) is 14.8 Å². The molecule has 1 rings (SSSR count). The van der Waals surface area contributed by atoms with Crippen molar-refractivity contribution in [2.24, 2.45) is 5.14 Å². The van der Waals surface area contributed by atoms with Gasteiger partial charge in [0, 0.05) is 25.8 Å². The van der Waals surface area contributed by atoms with Crippen molar-refractivity contribution in [3.63, 3.8) is 0 Å². The predicted molar refractivity (Wildman–Crippen MR) is 71.7 cm³/mol. The third-order valence-corrected chi connectivity index (χ3v) is 3.70. The lowest BCUT2D eigenvalue weighted by Crippen LogP contribution is -2.25. The maximum Gasteiger partial charge on any atom is 0.251 e. The molecule has 1 aromatic carbocycles. The summed E-state index contributed by atoms with van der Waals surface area (Å²) in [6.45, 7) is 0.962. The predicted octanol–water partition coefficient (Wildman–Crippen LogP) is 0.754. The summed E-state index contributed by atoms with van der Waals surface area (Å²) in [7, 11) is -2.38. The molecule has 8 heteroatoms. The van der Waals surface area contributed by atoms with Gasteiger partial charge >= 0.3 is 0 Å². The van der Waals surface area contributed by atoms with Crippen molar-refractivity contribution in [3.8, 4) is 0 Å². The van der Waals surface area contributed by atoms with Crippen LogP contribution in [-0.4, -0.2) is 34.6 Å². The Bertz CT molecular complexity index is 560. The first-order valence-corrected chi connectivity index (χ1v) is 7.38. The van der Waals surface area contributed by atoms with Crippen molar-refractivity contribution in [3.05, 3.63) is 28.8 Å². The molecule has 0 saturated heterocycles. The van der Waals surface area contributed by atoms with Crippen molar-refractivity contribution in [1.29, 1.82) is 0 Å². The van der Waals surface area contributed by atoms with E-state index in [0.717, 1.165) is 6.07 Å². The third kappa shape index (κ3) is 4.79. The van der Waals surface area contributed by atoms with Crippen LogP contribution in [0.2, 0.25) is 5.02 Å². The molecule has 0 spiro atoms. The van der Waals surface area contributed by atoms with E-state index in [1.54, 1.807) is 7.11 Å². The number of primary sulfonamides is 1. The molecule has 106 valence electrons. The second-order valence-electron chi connectivity index (χ2n) is 3.79. The summed E-state index contributed by atoms with van der Waals surface area (Å²) >= 11 is 5.72. The Labute approximate surface area is 116 Å². The Kier molecular flexibility index (Phi) is 5.74. The van der Waals surface area contributed by atoms with Crippen LogP contribution in [0.1, 0.15) is 16.8 Å². The molecule has 0 aromatic heterocycles. The number of halogens is 1. The molecule has 3 N–H and O–H groups in total. The molecule has 1 aromatic rings. The number of hydrogen-bond donors (Lipinski definition) is 2. The Morgan fingerprint density at radius 2 is 2.16 bits per heavy atom. The molecule has 0 fully saturated rings. The molecular formula is C11H15ClN2O4S. The van der Waals surface area contributed by atoms with Crippen LogP contribution < -0.4 is 10.5 Å². The summed E-state index contributed by atoms with van der Waals surface area (Å²) in [5, 5.41) is 7.62. The average Bonchev–Trinajstić information content (AvgIpc) is 2.33. The van der Waals surface area contributed by atoms with Gasteiger partial charge in [-0.1, -0.05) is 11.6 Å². The van der Waals surface area contributed by atoms with Gasteiger partial charge in [0.1, 0.15) is 4.90 Å². The Balaban J connectivity index is 2.82. The zero-order chi connectivity index (χ0) is 14.5. The first-order chi connectivity index (χ1) is 8.86. The third-order valence-electron chi connectivity index (χ3n) is 2.31. The number of amides is 1. The first-order valence-electron chi connectivity index (χ1n) is 5.45. The van der Waals surface area contributed by atoms with Crippen LogP contribution in [0.15, 0.2) is 23.1 Å². The fraction of sp³-hybridized carbons (Fsp3) is 0.364. The number of carbonyl (C=O) groups is 1. The van der Waals surface area contributed by atoms with E-state index in [2.05, 4.69) is 5.32 Å². The number of rotatable bonds is 6. The van der Waals surface area contributed by atoms with Crippen LogP contribution in [0.5, 0.6) is 0 Å². The normalized spacial score (nSPS) is 11.3. The van der Waals surface area contributed by atoms with Gasteiger partial charge in [-0.3, -0.25) is 4.79 Å². The molecule has 0 unspecified atom stereocenters. The Morgan fingerprint density at radius 1 is 1.47 bits per heavy atom. The van der Waals surface area contributed by atoms with Crippen LogP contribution in [0.3, 0.4) is 0 Å². The van der Waals surface area contributed by atoms with Crippen LogP contribution in [0.25, 0.3) is 0 Å². The largest absolute Gasteiger partial charge is 0.385 e. The van der Waals surface area contributed by atoms with E-state index in [-0.39, 0.29) is 15.5 Å². The molecule has 0 aliphatic rings. The lowest BCUT2D eigenvalue weighted by atomic mass is 10.2. The number of carbonyl (C=O) groups excluding carboxylic acids is 1. The van der Waals surface area contributed by atoms with E-state index in [1.165, 1.54) is 12.1 Å². The molecule has 0 atom stereocenters. The van der Waals surface area contributed by atoms with Gasteiger partial charge in [0.2, 0.25) is 10.0 Å². The molecule has 0 aliphatic carbocycles. The van der Waals surface area contributed by atoms with Gasteiger partial charge in [-0.2, -0.15) is 0 Å². The van der Waals surface area contributed by atoms with Gasteiger partial charge in [-0.05, 0) is 24.6 Å². The lowest BCUT2D eigenvalue weighted by molar-refractivity contribution is 0.0948. The maximum atomic E-state index is 11.8. The topological polar surface area (TPSA) is 98.5 Å². The monoisotopic (exact) mass is 306 g/mol. The van der Waals surface area contributed by atoms with Crippen LogP contribution in [0.4, 0.5) is 0 Å². The second-order valence-corrected chi connectivity index (χ2v) is 5.73.